The van der Waals surface area contributed by atoms with Crippen LogP contribution in [0, 0.1) is 0 Å². The number of piperidine rings is 1. The molecule has 1 amide bonds. The van der Waals surface area contributed by atoms with Crippen LogP contribution in [0.5, 0.6) is 5.75 Å². The molecule has 0 atom stereocenters. The molecule has 1 aliphatic heterocycles. The Balaban J connectivity index is 1.91. The minimum absolute atomic E-state index is 0.212. The number of Topliss-reactive ketones (excluding diaryl/α,β-unsaturated/α-hetero) is 1. The second kappa shape index (κ2) is 4.79. The van der Waals surface area contributed by atoms with Crippen LogP contribution >= 0.6 is 0 Å². The topological polar surface area (TPSA) is 46.6 Å². The Kier molecular flexibility index (Phi) is 3.19. The van der Waals surface area contributed by atoms with Crippen molar-refractivity contribution in [2.75, 3.05) is 13.1 Å². The molecule has 0 aliphatic carbocycles. The number of para-hydroxylation sites is 1. The molecular formula is C12H13NO3. The summed E-state index contributed by atoms with van der Waals surface area (Å²) in [6.07, 6.45) is 0.493. The largest absolute Gasteiger partial charge is 0.415 e. The normalized spacial score (nSPS) is 16.0. The molecule has 1 fully saturated rings. The number of ether oxygens (including phenoxy) is 1. The molecule has 1 aliphatic rings. The Hall–Kier alpha value is -1.84. The van der Waals surface area contributed by atoms with Crippen LogP contribution in [-0.4, -0.2) is 29.9 Å². The number of hydrogen-bond donors (Lipinski definition) is 0. The first-order valence-electron chi connectivity index (χ1n) is 5.29. The number of carbonyl (C=O) groups excluding carboxylic acids is 2. The third-order valence-corrected chi connectivity index (χ3v) is 2.53. The summed E-state index contributed by atoms with van der Waals surface area (Å²) in [6.45, 7) is 0.926. The Morgan fingerprint density at radius 1 is 1.12 bits per heavy atom. The van der Waals surface area contributed by atoms with E-state index in [4.69, 9.17) is 4.74 Å². The molecular weight excluding hydrogens is 206 g/mol. The van der Waals surface area contributed by atoms with Gasteiger partial charge in [0.25, 0.3) is 0 Å². The molecule has 84 valence electrons. The third kappa shape index (κ3) is 2.59. The molecule has 1 saturated heterocycles. The highest BCUT2D eigenvalue weighted by Crippen LogP contribution is 2.12. The molecule has 0 unspecified atom stereocenters. The summed E-state index contributed by atoms with van der Waals surface area (Å²) in [6, 6.07) is 8.93. The summed E-state index contributed by atoms with van der Waals surface area (Å²) >= 11 is 0. The Bertz CT molecular complexity index is 379. The van der Waals surface area contributed by atoms with Crippen LogP contribution in [0.4, 0.5) is 4.79 Å². The third-order valence-electron chi connectivity index (χ3n) is 2.53. The number of ketones is 1. The highest BCUT2D eigenvalue weighted by molar-refractivity contribution is 5.81. The second-order valence-corrected chi connectivity index (χ2v) is 3.71. The van der Waals surface area contributed by atoms with Crippen LogP contribution in [0.1, 0.15) is 12.8 Å². The lowest BCUT2D eigenvalue weighted by atomic mass is 10.1. The van der Waals surface area contributed by atoms with E-state index in [1.54, 1.807) is 17.0 Å². The standard InChI is InChI=1S/C12H13NO3/c14-10-6-8-13(9-7-10)12(15)16-11-4-2-1-3-5-11/h1-5H,6-9H2. The zero-order valence-corrected chi connectivity index (χ0v) is 8.89. The summed E-state index contributed by atoms with van der Waals surface area (Å²) in [5.41, 5.74) is 0. The highest BCUT2D eigenvalue weighted by atomic mass is 16.6. The minimum Gasteiger partial charge on any atom is -0.410 e. The van der Waals surface area contributed by atoms with Crippen molar-refractivity contribution in [3.05, 3.63) is 30.3 Å². The molecule has 2 rings (SSSR count). The summed E-state index contributed by atoms with van der Waals surface area (Å²) in [4.78, 5) is 24.2. The lowest BCUT2D eigenvalue weighted by Gasteiger charge is -2.24. The molecule has 0 spiro atoms. The molecule has 4 heteroatoms. The summed E-state index contributed by atoms with van der Waals surface area (Å²) in [5.74, 6) is 0.744. The fraction of sp³-hybridized carbons (Fsp3) is 0.333. The van der Waals surface area contributed by atoms with Gasteiger partial charge in [-0.15, -0.1) is 0 Å². The average molecular weight is 219 g/mol. The molecule has 1 heterocycles. The average Bonchev–Trinajstić information content (AvgIpc) is 2.31. The lowest BCUT2D eigenvalue weighted by Crippen LogP contribution is -2.40. The van der Waals surface area contributed by atoms with E-state index in [9.17, 15) is 9.59 Å². The molecule has 0 saturated carbocycles. The van der Waals surface area contributed by atoms with E-state index in [-0.39, 0.29) is 11.9 Å². The first-order valence-corrected chi connectivity index (χ1v) is 5.29. The molecule has 1 aromatic rings. The van der Waals surface area contributed by atoms with Crippen molar-refractivity contribution in [3.8, 4) is 5.75 Å². The molecule has 0 bridgehead atoms. The number of rotatable bonds is 1. The van der Waals surface area contributed by atoms with Crippen LogP contribution in [0.15, 0.2) is 30.3 Å². The molecule has 16 heavy (non-hydrogen) atoms. The fourth-order valence-electron chi connectivity index (χ4n) is 1.59. The summed E-state index contributed by atoms with van der Waals surface area (Å²) in [7, 11) is 0. The number of hydrogen-bond acceptors (Lipinski definition) is 3. The molecule has 0 aromatic heterocycles. The number of nitrogens with zero attached hydrogens (tertiary/aromatic N) is 1. The quantitative estimate of drug-likeness (QED) is 0.724. The van der Waals surface area contributed by atoms with Crippen molar-refractivity contribution in [2.45, 2.75) is 12.8 Å². The van der Waals surface area contributed by atoms with Gasteiger partial charge >= 0.3 is 6.09 Å². The van der Waals surface area contributed by atoms with Gasteiger partial charge in [0, 0.05) is 25.9 Å². The van der Waals surface area contributed by atoms with Crippen LogP contribution in [0.25, 0.3) is 0 Å². The first-order chi connectivity index (χ1) is 7.75. The van der Waals surface area contributed by atoms with Crippen LogP contribution in [0.3, 0.4) is 0 Å². The smallest absolute Gasteiger partial charge is 0.410 e. The number of carbonyl (C=O) groups is 2. The van der Waals surface area contributed by atoms with Crippen molar-refractivity contribution in [1.29, 1.82) is 0 Å². The maximum Gasteiger partial charge on any atom is 0.415 e. The number of benzene rings is 1. The Morgan fingerprint density at radius 3 is 2.38 bits per heavy atom. The Morgan fingerprint density at radius 2 is 1.75 bits per heavy atom. The van der Waals surface area contributed by atoms with E-state index < -0.39 is 0 Å². The van der Waals surface area contributed by atoms with Crippen molar-refractivity contribution in [2.24, 2.45) is 0 Å². The van der Waals surface area contributed by atoms with Gasteiger partial charge in [-0.3, -0.25) is 4.79 Å². The maximum absolute atomic E-state index is 11.7. The lowest BCUT2D eigenvalue weighted by molar-refractivity contribution is -0.121. The van der Waals surface area contributed by atoms with E-state index in [1.807, 2.05) is 18.2 Å². The Labute approximate surface area is 93.8 Å². The first kappa shape index (κ1) is 10.7. The van der Waals surface area contributed by atoms with Crippen molar-refractivity contribution < 1.29 is 14.3 Å². The molecule has 1 aromatic carbocycles. The molecule has 0 N–H and O–H groups in total. The van der Waals surface area contributed by atoms with Crippen molar-refractivity contribution in [3.63, 3.8) is 0 Å². The second-order valence-electron chi connectivity index (χ2n) is 3.71. The van der Waals surface area contributed by atoms with Gasteiger partial charge in [0.2, 0.25) is 0 Å². The van der Waals surface area contributed by atoms with Gasteiger partial charge in [-0.05, 0) is 12.1 Å². The maximum atomic E-state index is 11.7. The number of likely N-dealkylation sites (tertiary alicyclic amines) is 1. The van der Waals surface area contributed by atoms with Gasteiger partial charge < -0.3 is 9.64 Å². The van der Waals surface area contributed by atoms with E-state index in [2.05, 4.69) is 0 Å². The summed E-state index contributed by atoms with van der Waals surface area (Å²) in [5, 5.41) is 0. The van der Waals surface area contributed by atoms with Crippen LogP contribution in [0.2, 0.25) is 0 Å². The SMILES string of the molecule is O=C1CCN(C(=O)Oc2ccccc2)CC1. The van der Waals surface area contributed by atoms with Gasteiger partial charge in [0.15, 0.2) is 0 Å². The van der Waals surface area contributed by atoms with Crippen LogP contribution in [-0.2, 0) is 4.79 Å². The van der Waals surface area contributed by atoms with Gasteiger partial charge in [-0.25, -0.2) is 4.79 Å². The van der Waals surface area contributed by atoms with Gasteiger partial charge in [-0.2, -0.15) is 0 Å². The van der Waals surface area contributed by atoms with Crippen molar-refractivity contribution in [1.82, 2.24) is 4.90 Å². The monoisotopic (exact) mass is 219 g/mol. The van der Waals surface area contributed by atoms with Crippen LogP contribution < -0.4 is 4.74 Å². The predicted octanol–water partition coefficient (Wildman–Crippen LogP) is 1.85. The minimum atomic E-state index is -0.376. The van der Waals surface area contributed by atoms with Gasteiger partial charge in [-0.1, -0.05) is 18.2 Å². The van der Waals surface area contributed by atoms with E-state index in [0.717, 1.165) is 0 Å². The number of amides is 1. The van der Waals surface area contributed by atoms with E-state index in [0.29, 0.717) is 31.7 Å². The summed E-state index contributed by atoms with van der Waals surface area (Å²) < 4.78 is 5.16. The predicted molar refractivity (Wildman–Crippen MR) is 58.3 cm³/mol. The zero-order chi connectivity index (χ0) is 11.4. The van der Waals surface area contributed by atoms with Gasteiger partial charge in [0.05, 0.1) is 0 Å². The van der Waals surface area contributed by atoms with E-state index in [1.165, 1.54) is 0 Å². The molecule has 4 nitrogen and oxygen atoms in total. The van der Waals surface area contributed by atoms with Crippen molar-refractivity contribution >= 4 is 11.9 Å². The fourth-order valence-corrected chi connectivity index (χ4v) is 1.59. The zero-order valence-electron chi connectivity index (χ0n) is 8.89. The van der Waals surface area contributed by atoms with E-state index >= 15 is 0 Å². The molecule has 0 radical (unpaired) electrons. The van der Waals surface area contributed by atoms with Gasteiger partial charge in [0.1, 0.15) is 11.5 Å². The highest BCUT2D eigenvalue weighted by Gasteiger charge is 2.21.